The Morgan fingerprint density at radius 2 is 1.90 bits per heavy atom. The third-order valence-electron chi connectivity index (χ3n) is 3.23. The lowest BCUT2D eigenvalue weighted by molar-refractivity contribution is 0.181. The Labute approximate surface area is 118 Å². The fourth-order valence-corrected chi connectivity index (χ4v) is 4.03. The van der Waals surface area contributed by atoms with E-state index in [1.807, 2.05) is 0 Å². The van der Waals surface area contributed by atoms with Crippen molar-refractivity contribution in [1.82, 2.24) is 4.31 Å². The van der Waals surface area contributed by atoms with Crippen LogP contribution in [0, 0.1) is 0 Å². The Morgan fingerprint density at radius 3 is 2.45 bits per heavy atom. The molecule has 0 amide bonds. The Bertz CT molecular complexity index is 693. The van der Waals surface area contributed by atoms with E-state index in [4.69, 9.17) is 9.88 Å². The van der Waals surface area contributed by atoms with Crippen molar-refractivity contribution in [3.8, 4) is 0 Å². The molecule has 0 spiro atoms. The molecule has 2 rings (SSSR count). The van der Waals surface area contributed by atoms with Gasteiger partial charge in [-0.25, -0.2) is 22.0 Å². The summed E-state index contributed by atoms with van der Waals surface area (Å²) in [5.74, 6) is 0. The molecule has 0 radical (unpaired) electrons. The molecule has 0 saturated carbocycles. The number of ether oxygens (including phenoxy) is 1. The lowest BCUT2D eigenvalue weighted by Crippen LogP contribution is -2.37. The molecule has 1 atom stereocenters. The summed E-state index contributed by atoms with van der Waals surface area (Å²) in [5.41, 5.74) is 0. The zero-order valence-corrected chi connectivity index (χ0v) is 12.5. The molecule has 1 unspecified atom stereocenters. The van der Waals surface area contributed by atoms with Gasteiger partial charge in [-0.05, 0) is 24.6 Å². The van der Waals surface area contributed by atoms with Crippen molar-refractivity contribution in [2.24, 2.45) is 5.14 Å². The first-order valence-electron chi connectivity index (χ1n) is 5.91. The Balaban J connectivity index is 2.39. The fourth-order valence-electron chi connectivity index (χ4n) is 1.98. The van der Waals surface area contributed by atoms with Gasteiger partial charge in [0.05, 0.1) is 22.4 Å². The van der Waals surface area contributed by atoms with Crippen LogP contribution in [0.15, 0.2) is 34.1 Å². The average Bonchev–Trinajstić information content (AvgIpc) is 2.90. The highest BCUT2D eigenvalue weighted by atomic mass is 32.2. The largest absolute Gasteiger partial charge is 0.380 e. The Morgan fingerprint density at radius 1 is 1.25 bits per heavy atom. The predicted molar refractivity (Wildman–Crippen MR) is 72.0 cm³/mol. The maximum absolute atomic E-state index is 12.4. The molecule has 1 aromatic carbocycles. The molecule has 2 N–H and O–H groups in total. The number of hydrogen-bond donors (Lipinski definition) is 1. The molecule has 1 heterocycles. The number of primary sulfonamides is 1. The number of rotatable bonds is 4. The molecule has 7 nitrogen and oxygen atoms in total. The van der Waals surface area contributed by atoms with Crippen LogP contribution in [0.5, 0.6) is 0 Å². The van der Waals surface area contributed by atoms with Crippen LogP contribution in [-0.2, 0) is 24.8 Å². The van der Waals surface area contributed by atoms with Gasteiger partial charge in [-0.3, -0.25) is 0 Å². The summed E-state index contributed by atoms with van der Waals surface area (Å²) in [6.07, 6.45) is 0.616. The van der Waals surface area contributed by atoms with Gasteiger partial charge in [-0.2, -0.15) is 4.31 Å². The monoisotopic (exact) mass is 320 g/mol. The molecule has 1 fully saturated rings. The topological polar surface area (TPSA) is 107 Å². The third kappa shape index (κ3) is 3.01. The molecule has 9 heteroatoms. The first kappa shape index (κ1) is 15.4. The predicted octanol–water partition coefficient (Wildman–Crippen LogP) is -0.257. The second kappa shape index (κ2) is 5.41. The van der Waals surface area contributed by atoms with E-state index in [9.17, 15) is 16.8 Å². The maximum atomic E-state index is 12.4. The minimum absolute atomic E-state index is 0.0987. The summed E-state index contributed by atoms with van der Waals surface area (Å²) in [5, 5.41) is 5.01. The van der Waals surface area contributed by atoms with Crippen molar-refractivity contribution in [2.75, 3.05) is 20.3 Å². The van der Waals surface area contributed by atoms with Crippen molar-refractivity contribution < 1.29 is 21.6 Å². The molecule has 1 saturated heterocycles. The number of nitrogens with zero attached hydrogens (tertiary/aromatic N) is 1. The highest BCUT2D eigenvalue weighted by molar-refractivity contribution is 7.90. The van der Waals surface area contributed by atoms with Crippen LogP contribution >= 0.6 is 0 Å². The van der Waals surface area contributed by atoms with Crippen LogP contribution < -0.4 is 5.14 Å². The minimum Gasteiger partial charge on any atom is -0.380 e. The van der Waals surface area contributed by atoms with E-state index in [1.165, 1.54) is 29.6 Å². The van der Waals surface area contributed by atoms with Crippen LogP contribution in [-0.4, -0.2) is 47.4 Å². The van der Waals surface area contributed by atoms with Crippen molar-refractivity contribution in [3.05, 3.63) is 24.3 Å². The molecule has 1 aliphatic rings. The molecular weight excluding hydrogens is 304 g/mol. The highest BCUT2D eigenvalue weighted by Gasteiger charge is 2.31. The second-order valence-corrected chi connectivity index (χ2v) is 8.12. The zero-order valence-electron chi connectivity index (χ0n) is 10.9. The normalized spacial score (nSPS) is 20.4. The van der Waals surface area contributed by atoms with Crippen LogP contribution in [0.25, 0.3) is 0 Å². The van der Waals surface area contributed by atoms with Gasteiger partial charge in [-0.15, -0.1) is 0 Å². The van der Waals surface area contributed by atoms with Gasteiger partial charge in [-0.1, -0.05) is 6.07 Å². The Hall–Kier alpha value is -1.00. The molecule has 1 aromatic rings. The van der Waals surface area contributed by atoms with Gasteiger partial charge in [0.15, 0.2) is 0 Å². The van der Waals surface area contributed by atoms with Gasteiger partial charge in [0, 0.05) is 13.7 Å². The van der Waals surface area contributed by atoms with Crippen LogP contribution in [0.3, 0.4) is 0 Å². The lowest BCUT2D eigenvalue weighted by Gasteiger charge is -2.22. The molecule has 0 aliphatic carbocycles. The summed E-state index contributed by atoms with van der Waals surface area (Å²) >= 11 is 0. The number of likely N-dealkylation sites (N-methyl/N-ethyl adjacent to an activating group) is 1. The molecule has 0 bridgehead atoms. The molecule has 20 heavy (non-hydrogen) atoms. The van der Waals surface area contributed by atoms with E-state index < -0.39 is 20.0 Å². The van der Waals surface area contributed by atoms with E-state index in [1.54, 1.807) is 0 Å². The van der Waals surface area contributed by atoms with Crippen molar-refractivity contribution in [1.29, 1.82) is 0 Å². The zero-order chi connectivity index (χ0) is 15.0. The van der Waals surface area contributed by atoms with Crippen molar-refractivity contribution >= 4 is 20.0 Å². The van der Waals surface area contributed by atoms with Crippen LogP contribution in [0.1, 0.15) is 6.42 Å². The number of benzene rings is 1. The summed E-state index contributed by atoms with van der Waals surface area (Å²) in [6.45, 7) is 0.854. The summed E-state index contributed by atoms with van der Waals surface area (Å²) in [6, 6.07) is 4.78. The quantitative estimate of drug-likeness (QED) is 0.823. The van der Waals surface area contributed by atoms with Gasteiger partial charge in [0.25, 0.3) is 0 Å². The number of hydrogen-bond acceptors (Lipinski definition) is 5. The van der Waals surface area contributed by atoms with E-state index in [0.29, 0.717) is 19.6 Å². The van der Waals surface area contributed by atoms with E-state index in [-0.39, 0.29) is 15.8 Å². The molecule has 1 aliphatic heterocycles. The summed E-state index contributed by atoms with van der Waals surface area (Å²) in [7, 11) is -6.25. The standard InChI is InChI=1S/C11H16N2O5S2/c1-13(9-5-6-18-8-9)20(16,17)11-4-2-3-10(7-11)19(12,14)15/h2-4,7,9H,5-6,8H2,1H3,(H2,12,14,15). The number of nitrogens with two attached hydrogens (primary N) is 1. The fraction of sp³-hybridized carbons (Fsp3) is 0.455. The third-order valence-corrected chi connectivity index (χ3v) is 6.05. The first-order valence-corrected chi connectivity index (χ1v) is 8.90. The van der Waals surface area contributed by atoms with Crippen LogP contribution in [0.4, 0.5) is 0 Å². The minimum atomic E-state index is -3.94. The van der Waals surface area contributed by atoms with Crippen molar-refractivity contribution in [3.63, 3.8) is 0 Å². The summed E-state index contributed by atoms with van der Waals surface area (Å²) < 4.78 is 53.8. The number of sulfonamides is 2. The molecule has 112 valence electrons. The Kier molecular flexibility index (Phi) is 4.17. The summed E-state index contributed by atoms with van der Waals surface area (Å²) in [4.78, 5) is -0.326. The molecular formula is C11H16N2O5S2. The van der Waals surface area contributed by atoms with Gasteiger partial charge in [0.1, 0.15) is 0 Å². The smallest absolute Gasteiger partial charge is 0.243 e. The SMILES string of the molecule is CN(C1CCOC1)S(=O)(=O)c1cccc(S(N)(=O)=O)c1. The van der Waals surface area contributed by atoms with Crippen molar-refractivity contribution in [2.45, 2.75) is 22.3 Å². The first-order chi connectivity index (χ1) is 9.23. The highest BCUT2D eigenvalue weighted by Crippen LogP contribution is 2.22. The second-order valence-electron chi connectivity index (χ2n) is 4.56. The maximum Gasteiger partial charge on any atom is 0.243 e. The lowest BCUT2D eigenvalue weighted by atomic mass is 10.3. The van der Waals surface area contributed by atoms with Gasteiger partial charge >= 0.3 is 0 Å². The van der Waals surface area contributed by atoms with Crippen LogP contribution in [0.2, 0.25) is 0 Å². The van der Waals surface area contributed by atoms with Gasteiger partial charge < -0.3 is 4.74 Å². The van der Waals surface area contributed by atoms with E-state index in [2.05, 4.69) is 0 Å². The van der Waals surface area contributed by atoms with E-state index in [0.717, 1.165) is 6.07 Å². The molecule has 0 aromatic heterocycles. The van der Waals surface area contributed by atoms with E-state index >= 15 is 0 Å². The van der Waals surface area contributed by atoms with Gasteiger partial charge in [0.2, 0.25) is 20.0 Å². The average molecular weight is 320 g/mol.